The molecule has 2 aromatic heterocycles. The Morgan fingerprint density at radius 2 is 2.09 bits per heavy atom. The van der Waals surface area contributed by atoms with Crippen molar-refractivity contribution < 1.29 is 0 Å². The fourth-order valence-electron chi connectivity index (χ4n) is 1.90. The van der Waals surface area contributed by atoms with Gasteiger partial charge in [0.1, 0.15) is 0 Å². The number of aromatic amines is 1. The van der Waals surface area contributed by atoms with Gasteiger partial charge in [0.2, 0.25) is 4.77 Å². The van der Waals surface area contributed by atoms with E-state index in [9.17, 15) is 0 Å². The fourth-order valence-corrected chi connectivity index (χ4v) is 2.48. The molecule has 1 aromatic carbocycles. The van der Waals surface area contributed by atoms with Crippen LogP contribution in [-0.2, 0) is 0 Å². The summed E-state index contributed by atoms with van der Waals surface area (Å²) in [6, 6.07) is 11.9. The molecule has 0 bridgehead atoms. The van der Waals surface area contributed by atoms with Crippen molar-refractivity contribution in [3.8, 4) is 11.4 Å². The highest BCUT2D eigenvalue weighted by Crippen LogP contribution is 2.16. The minimum absolute atomic E-state index is 0.441. The van der Waals surface area contributed by atoms with E-state index in [-0.39, 0.29) is 0 Å². The van der Waals surface area contributed by atoms with Crippen LogP contribution >= 0.6 is 24.0 Å². The first-order chi connectivity index (χ1) is 10.8. The number of nitrogens with zero attached hydrogens (tertiary/aromatic N) is 4. The lowest BCUT2D eigenvalue weighted by atomic mass is 10.2. The van der Waals surface area contributed by atoms with Crippen LogP contribution in [0.4, 0.5) is 0 Å². The van der Waals surface area contributed by atoms with Gasteiger partial charge >= 0.3 is 0 Å². The second-order valence-corrected chi connectivity index (χ2v) is 5.69. The van der Waals surface area contributed by atoms with Gasteiger partial charge in [0.25, 0.3) is 0 Å². The predicted molar refractivity (Wildman–Crippen MR) is 91.9 cm³/mol. The summed E-state index contributed by atoms with van der Waals surface area (Å²) in [7, 11) is 0. The van der Waals surface area contributed by atoms with E-state index in [0.29, 0.717) is 10.6 Å². The largest absolute Gasteiger partial charge is 0.264 e. The van der Waals surface area contributed by atoms with Crippen molar-refractivity contribution in [1.82, 2.24) is 19.9 Å². The molecule has 1 N–H and O–H groups in total. The topological polar surface area (TPSA) is 58.9 Å². The average Bonchev–Trinajstić information content (AvgIpc) is 2.95. The summed E-state index contributed by atoms with van der Waals surface area (Å²) < 4.78 is 2.03. The molecule has 0 radical (unpaired) electrons. The monoisotopic (exact) mass is 327 g/mol. The average molecular weight is 327 g/mol. The zero-order valence-electron chi connectivity index (χ0n) is 11.8. The van der Waals surface area contributed by atoms with Crippen molar-refractivity contribution >= 4 is 30.2 Å². The molecular weight excluding hydrogens is 314 g/mol. The lowest BCUT2D eigenvalue weighted by Gasteiger charge is -2.00. The van der Waals surface area contributed by atoms with Gasteiger partial charge in [0.05, 0.1) is 6.21 Å². The van der Waals surface area contributed by atoms with Crippen molar-refractivity contribution in [2.75, 3.05) is 6.26 Å². The van der Waals surface area contributed by atoms with Crippen molar-refractivity contribution in [3.63, 3.8) is 0 Å². The Hall–Kier alpha value is -2.25. The molecule has 0 aliphatic heterocycles. The maximum absolute atomic E-state index is 5.24. The van der Waals surface area contributed by atoms with Gasteiger partial charge in [-0.3, -0.25) is 4.98 Å². The third kappa shape index (κ3) is 3.15. The number of benzene rings is 1. The number of thioether (sulfide) groups is 1. The first-order valence-electron chi connectivity index (χ1n) is 6.54. The molecule has 0 fully saturated rings. The van der Waals surface area contributed by atoms with Crippen molar-refractivity contribution in [3.05, 3.63) is 59.1 Å². The fraction of sp³-hybridized carbons (Fsp3) is 0.0667. The first-order valence-corrected chi connectivity index (χ1v) is 8.17. The van der Waals surface area contributed by atoms with Crippen LogP contribution in [0.3, 0.4) is 0 Å². The Morgan fingerprint density at radius 3 is 2.77 bits per heavy atom. The van der Waals surface area contributed by atoms with Gasteiger partial charge < -0.3 is 0 Å². The predicted octanol–water partition coefficient (Wildman–Crippen LogP) is 3.61. The molecule has 5 nitrogen and oxygen atoms in total. The van der Waals surface area contributed by atoms with Gasteiger partial charge in [0.15, 0.2) is 5.82 Å². The summed E-state index contributed by atoms with van der Waals surface area (Å²) >= 11 is 6.94. The first kappa shape index (κ1) is 14.7. The van der Waals surface area contributed by atoms with Gasteiger partial charge in [-0.1, -0.05) is 12.1 Å². The van der Waals surface area contributed by atoms with Crippen LogP contribution in [0, 0.1) is 4.77 Å². The van der Waals surface area contributed by atoms with Crippen molar-refractivity contribution in [2.45, 2.75) is 4.90 Å². The highest BCUT2D eigenvalue weighted by atomic mass is 32.2. The number of aromatic nitrogens is 4. The molecular formula is C15H13N5S2. The van der Waals surface area contributed by atoms with Crippen LogP contribution in [0.15, 0.2) is 58.8 Å². The molecule has 0 atom stereocenters. The quantitative estimate of drug-likeness (QED) is 0.452. The molecule has 0 unspecified atom stereocenters. The number of hydrogen-bond donors (Lipinski definition) is 1. The molecule has 0 amide bonds. The normalized spacial score (nSPS) is 11.1. The maximum atomic E-state index is 5.24. The van der Waals surface area contributed by atoms with E-state index < -0.39 is 0 Å². The molecule has 110 valence electrons. The van der Waals surface area contributed by atoms with Crippen LogP contribution in [0.5, 0.6) is 0 Å². The molecule has 0 saturated carbocycles. The highest BCUT2D eigenvalue weighted by molar-refractivity contribution is 7.98. The Kier molecular flexibility index (Phi) is 4.45. The van der Waals surface area contributed by atoms with Gasteiger partial charge in [-0.15, -0.1) is 11.8 Å². The summed E-state index contributed by atoms with van der Waals surface area (Å²) in [5.74, 6) is 0.634. The number of nitrogens with one attached hydrogen (secondary N) is 1. The minimum atomic E-state index is 0.441. The molecule has 3 rings (SSSR count). The van der Waals surface area contributed by atoms with Crippen LogP contribution in [0.1, 0.15) is 5.56 Å². The molecule has 0 aliphatic carbocycles. The molecule has 0 spiro atoms. The van der Waals surface area contributed by atoms with E-state index in [1.165, 1.54) is 4.90 Å². The summed E-state index contributed by atoms with van der Waals surface area (Å²) in [5, 5.41) is 11.4. The summed E-state index contributed by atoms with van der Waals surface area (Å²) in [4.78, 5) is 5.31. The molecule has 7 heteroatoms. The number of H-pyrrole nitrogens is 1. The van der Waals surface area contributed by atoms with E-state index in [1.807, 2.05) is 30.5 Å². The van der Waals surface area contributed by atoms with E-state index in [0.717, 1.165) is 11.1 Å². The van der Waals surface area contributed by atoms with Gasteiger partial charge in [-0.05, 0) is 48.3 Å². The maximum Gasteiger partial charge on any atom is 0.216 e. The van der Waals surface area contributed by atoms with E-state index >= 15 is 0 Å². The smallest absolute Gasteiger partial charge is 0.216 e. The highest BCUT2D eigenvalue weighted by Gasteiger charge is 2.07. The molecule has 3 aromatic rings. The zero-order chi connectivity index (χ0) is 15.4. The zero-order valence-corrected chi connectivity index (χ0v) is 13.4. The summed E-state index contributed by atoms with van der Waals surface area (Å²) in [6.45, 7) is 0. The molecule has 2 heterocycles. The third-order valence-electron chi connectivity index (χ3n) is 3.01. The lowest BCUT2D eigenvalue weighted by molar-refractivity contribution is 0.871. The van der Waals surface area contributed by atoms with Crippen molar-refractivity contribution in [1.29, 1.82) is 0 Å². The third-order valence-corrected chi connectivity index (χ3v) is 4.02. The molecule has 0 aliphatic rings. The SMILES string of the molecule is CSc1ccc(C=Nn2c(-c3cccnc3)n[nH]c2=S)cc1. The van der Waals surface area contributed by atoms with Crippen LogP contribution in [0.2, 0.25) is 0 Å². The Morgan fingerprint density at radius 1 is 1.27 bits per heavy atom. The van der Waals surface area contributed by atoms with E-state index in [4.69, 9.17) is 12.2 Å². The van der Waals surface area contributed by atoms with Crippen LogP contribution in [0.25, 0.3) is 11.4 Å². The van der Waals surface area contributed by atoms with Gasteiger partial charge in [0, 0.05) is 22.9 Å². The van der Waals surface area contributed by atoms with Crippen molar-refractivity contribution in [2.24, 2.45) is 5.10 Å². The summed E-state index contributed by atoms with van der Waals surface area (Å²) in [6.07, 6.45) is 7.25. The number of rotatable bonds is 4. The molecule has 0 saturated heterocycles. The molecule has 22 heavy (non-hydrogen) atoms. The summed E-state index contributed by atoms with van der Waals surface area (Å²) in [5.41, 5.74) is 1.85. The van der Waals surface area contributed by atoms with E-state index in [2.05, 4.69) is 32.4 Å². The number of hydrogen-bond acceptors (Lipinski definition) is 5. The lowest BCUT2D eigenvalue weighted by Crippen LogP contribution is -1.95. The Bertz CT molecular complexity index is 834. The standard InChI is InChI=1S/C15H13N5S2/c1-22-13-6-4-11(5-7-13)9-17-20-14(18-19-15(20)21)12-3-2-8-16-10-12/h2-10H,1H3,(H,19,21). The van der Waals surface area contributed by atoms with Gasteiger partial charge in [-0.2, -0.15) is 14.9 Å². The van der Waals surface area contributed by atoms with Crippen LogP contribution in [-0.4, -0.2) is 32.3 Å². The Labute approximate surface area is 137 Å². The second kappa shape index (κ2) is 6.67. The number of pyridine rings is 1. The van der Waals surface area contributed by atoms with E-state index in [1.54, 1.807) is 35.0 Å². The van der Waals surface area contributed by atoms with Crippen LogP contribution < -0.4 is 0 Å². The second-order valence-electron chi connectivity index (χ2n) is 4.42. The Balaban J connectivity index is 1.93. The van der Waals surface area contributed by atoms with Gasteiger partial charge in [-0.25, -0.2) is 5.10 Å². The minimum Gasteiger partial charge on any atom is -0.264 e.